The number of piperazine rings is 1. The van der Waals surface area contributed by atoms with Gasteiger partial charge in [0.1, 0.15) is 28.3 Å². The van der Waals surface area contributed by atoms with E-state index in [0.29, 0.717) is 37.4 Å². The molecule has 26 heavy (non-hydrogen) atoms. The molecule has 2 aromatic rings. The van der Waals surface area contributed by atoms with Gasteiger partial charge in [0.25, 0.3) is 5.69 Å². The lowest BCUT2D eigenvalue weighted by Crippen LogP contribution is -2.46. The zero-order valence-corrected chi connectivity index (χ0v) is 14.7. The summed E-state index contributed by atoms with van der Waals surface area (Å²) in [5.74, 6) is -1.83. The van der Waals surface area contributed by atoms with E-state index in [4.69, 9.17) is 0 Å². The molecule has 1 aliphatic heterocycles. The van der Waals surface area contributed by atoms with Crippen LogP contribution in [0, 0.1) is 40.0 Å². The van der Waals surface area contributed by atoms with Gasteiger partial charge < -0.3 is 4.90 Å². The van der Waals surface area contributed by atoms with Gasteiger partial charge in [-0.05, 0) is 18.5 Å². The first-order valence-corrected chi connectivity index (χ1v) is 8.64. The van der Waals surface area contributed by atoms with E-state index >= 15 is 0 Å². The molecule has 1 fully saturated rings. The van der Waals surface area contributed by atoms with Crippen LogP contribution in [0.3, 0.4) is 0 Å². The normalized spacial score (nSPS) is 15.1. The minimum Gasteiger partial charge on any atom is -0.359 e. The van der Waals surface area contributed by atoms with Crippen LogP contribution < -0.4 is 4.90 Å². The van der Waals surface area contributed by atoms with Crippen LogP contribution in [0.15, 0.2) is 12.1 Å². The van der Waals surface area contributed by atoms with Gasteiger partial charge in [-0.25, -0.2) is 8.78 Å². The summed E-state index contributed by atoms with van der Waals surface area (Å²) in [5, 5.41) is 20.7. The fraction of sp³-hybridized carbons (Fsp3) is 0.375. The predicted molar refractivity (Wildman–Crippen MR) is 92.1 cm³/mol. The molecule has 0 radical (unpaired) electrons. The zero-order valence-electron chi connectivity index (χ0n) is 13.9. The van der Waals surface area contributed by atoms with Gasteiger partial charge in [-0.2, -0.15) is 9.64 Å². The van der Waals surface area contributed by atoms with Crippen LogP contribution in [-0.2, 0) is 6.54 Å². The summed E-state index contributed by atoms with van der Waals surface area (Å²) in [7, 11) is 0. The number of nitrogens with zero attached hydrogens (tertiary/aromatic N) is 5. The predicted octanol–water partition coefficient (Wildman–Crippen LogP) is 2.83. The second-order valence-electron chi connectivity index (χ2n) is 5.97. The molecular formula is C16H15F2N5O2S. The van der Waals surface area contributed by atoms with Crippen molar-refractivity contribution in [1.29, 1.82) is 5.26 Å². The molecule has 7 nitrogen and oxygen atoms in total. The van der Waals surface area contributed by atoms with Crippen molar-refractivity contribution in [2.45, 2.75) is 13.5 Å². The first kappa shape index (κ1) is 18.2. The molecular weight excluding hydrogens is 364 g/mol. The SMILES string of the molecule is Cc1nsc(N2CCN(Cc3c(F)cc([N+](=O)[O-])cc3F)CC2)c1C#N. The van der Waals surface area contributed by atoms with Gasteiger partial charge in [-0.1, -0.05) is 0 Å². The molecule has 136 valence electrons. The van der Waals surface area contributed by atoms with E-state index in [1.54, 1.807) is 6.92 Å². The van der Waals surface area contributed by atoms with Gasteiger partial charge >= 0.3 is 0 Å². The van der Waals surface area contributed by atoms with Crippen LogP contribution in [0.1, 0.15) is 16.8 Å². The maximum Gasteiger partial charge on any atom is 0.275 e. The second kappa shape index (κ2) is 7.31. The lowest BCUT2D eigenvalue weighted by Gasteiger charge is -2.35. The molecule has 0 spiro atoms. The number of hydrogen-bond donors (Lipinski definition) is 0. The number of non-ortho nitro benzene ring substituents is 1. The van der Waals surface area contributed by atoms with E-state index in [2.05, 4.69) is 10.4 Å². The number of nitro benzene ring substituents is 1. The standard InChI is InChI=1S/C16H15F2N5O2S/c1-10-12(8-19)16(26-20-10)22-4-2-21(3-5-22)9-13-14(17)6-11(23(24)25)7-15(13)18/h6-7H,2-5,9H2,1H3. The molecule has 10 heteroatoms. The Hall–Kier alpha value is -2.64. The van der Waals surface area contributed by atoms with Crippen LogP contribution in [0.25, 0.3) is 0 Å². The maximum atomic E-state index is 14.0. The third kappa shape index (κ3) is 3.49. The molecule has 2 heterocycles. The minimum atomic E-state index is -0.913. The Kier molecular flexibility index (Phi) is 5.11. The third-order valence-electron chi connectivity index (χ3n) is 4.33. The van der Waals surface area contributed by atoms with Crippen LogP contribution in [0.4, 0.5) is 19.5 Å². The Balaban J connectivity index is 1.68. The fourth-order valence-corrected chi connectivity index (χ4v) is 3.78. The summed E-state index contributed by atoms with van der Waals surface area (Å²) in [6.45, 7) is 4.14. The van der Waals surface area contributed by atoms with Crippen molar-refractivity contribution in [2.75, 3.05) is 31.1 Å². The molecule has 1 saturated heterocycles. The molecule has 1 aliphatic rings. The number of nitro groups is 1. The molecule has 0 bridgehead atoms. The van der Waals surface area contributed by atoms with Crippen LogP contribution in [0.2, 0.25) is 0 Å². The van der Waals surface area contributed by atoms with Crippen LogP contribution in [-0.4, -0.2) is 40.4 Å². The fourth-order valence-electron chi connectivity index (χ4n) is 2.88. The summed E-state index contributed by atoms with van der Waals surface area (Å²) in [5.41, 5.74) is 0.495. The van der Waals surface area contributed by atoms with Gasteiger partial charge in [0.05, 0.1) is 22.7 Å². The minimum absolute atomic E-state index is 0.0380. The highest BCUT2D eigenvalue weighted by Gasteiger charge is 2.25. The van der Waals surface area contributed by atoms with E-state index in [-0.39, 0.29) is 12.1 Å². The lowest BCUT2D eigenvalue weighted by molar-refractivity contribution is -0.385. The van der Waals surface area contributed by atoms with E-state index in [1.165, 1.54) is 11.5 Å². The monoisotopic (exact) mass is 379 g/mol. The van der Waals surface area contributed by atoms with Gasteiger partial charge in [-0.3, -0.25) is 15.0 Å². The smallest absolute Gasteiger partial charge is 0.275 e. The average molecular weight is 379 g/mol. The molecule has 0 atom stereocenters. The average Bonchev–Trinajstić information content (AvgIpc) is 2.99. The molecule has 0 N–H and O–H groups in total. The highest BCUT2D eigenvalue weighted by atomic mass is 32.1. The number of halogens is 2. The number of rotatable bonds is 4. The van der Waals surface area contributed by atoms with Crippen molar-refractivity contribution in [2.24, 2.45) is 0 Å². The number of benzene rings is 1. The Labute approximate surface area is 152 Å². The Morgan fingerprint density at radius 2 is 1.92 bits per heavy atom. The maximum absolute atomic E-state index is 14.0. The summed E-state index contributed by atoms with van der Waals surface area (Å²) < 4.78 is 32.3. The van der Waals surface area contributed by atoms with Crippen molar-refractivity contribution in [3.05, 3.63) is 50.7 Å². The molecule has 3 rings (SSSR count). The highest BCUT2D eigenvalue weighted by molar-refractivity contribution is 7.10. The number of anilines is 1. The van der Waals surface area contributed by atoms with E-state index in [1.807, 2.05) is 9.80 Å². The van der Waals surface area contributed by atoms with Crippen LogP contribution >= 0.6 is 11.5 Å². The van der Waals surface area contributed by atoms with Gasteiger partial charge in [0, 0.05) is 38.3 Å². The Morgan fingerprint density at radius 3 is 2.46 bits per heavy atom. The van der Waals surface area contributed by atoms with Crippen molar-refractivity contribution < 1.29 is 13.7 Å². The molecule has 0 unspecified atom stereocenters. The first-order chi connectivity index (χ1) is 12.4. The Morgan fingerprint density at radius 1 is 1.31 bits per heavy atom. The summed E-state index contributed by atoms with van der Waals surface area (Å²) in [4.78, 5) is 13.8. The third-order valence-corrected chi connectivity index (χ3v) is 5.33. The lowest BCUT2D eigenvalue weighted by atomic mass is 10.1. The number of aryl methyl sites for hydroxylation is 1. The first-order valence-electron chi connectivity index (χ1n) is 7.86. The summed E-state index contributed by atoms with van der Waals surface area (Å²) in [6, 6.07) is 3.65. The van der Waals surface area contributed by atoms with E-state index in [9.17, 15) is 24.2 Å². The quantitative estimate of drug-likeness (QED) is 0.600. The van der Waals surface area contributed by atoms with Gasteiger partial charge in [-0.15, -0.1) is 0 Å². The topological polar surface area (TPSA) is 86.3 Å². The van der Waals surface area contributed by atoms with E-state index in [0.717, 1.165) is 17.1 Å². The largest absolute Gasteiger partial charge is 0.359 e. The Bertz CT molecular complexity index is 864. The van der Waals surface area contributed by atoms with Gasteiger partial charge in [0.15, 0.2) is 0 Å². The molecule has 0 saturated carbocycles. The van der Waals surface area contributed by atoms with Gasteiger partial charge in [0.2, 0.25) is 0 Å². The molecule has 0 aliphatic carbocycles. The second-order valence-corrected chi connectivity index (χ2v) is 6.72. The number of hydrogen-bond acceptors (Lipinski definition) is 7. The van der Waals surface area contributed by atoms with Crippen molar-refractivity contribution in [1.82, 2.24) is 9.27 Å². The summed E-state index contributed by atoms with van der Waals surface area (Å²) in [6.07, 6.45) is 0. The van der Waals surface area contributed by atoms with Crippen LogP contribution in [0.5, 0.6) is 0 Å². The summed E-state index contributed by atoms with van der Waals surface area (Å²) >= 11 is 1.27. The highest BCUT2D eigenvalue weighted by Crippen LogP contribution is 2.29. The van der Waals surface area contributed by atoms with Crippen molar-refractivity contribution in [3.63, 3.8) is 0 Å². The molecule has 1 aromatic heterocycles. The number of nitriles is 1. The van der Waals surface area contributed by atoms with E-state index < -0.39 is 22.2 Å². The molecule has 1 aromatic carbocycles. The molecule has 0 amide bonds. The zero-order chi connectivity index (χ0) is 18.8. The van der Waals surface area contributed by atoms with Crippen molar-refractivity contribution in [3.8, 4) is 6.07 Å². The number of aromatic nitrogens is 1. The van der Waals surface area contributed by atoms with Crippen molar-refractivity contribution >= 4 is 22.2 Å².